The minimum atomic E-state index is -0.725. The van der Waals surface area contributed by atoms with Crippen molar-refractivity contribution >= 4 is 11.7 Å². The van der Waals surface area contributed by atoms with Gasteiger partial charge in [0.25, 0.3) is 0 Å². The van der Waals surface area contributed by atoms with Gasteiger partial charge in [-0.05, 0) is 24.6 Å². The Morgan fingerprint density at radius 2 is 2.35 bits per heavy atom. The molecule has 1 saturated heterocycles. The lowest BCUT2D eigenvalue weighted by Crippen LogP contribution is -2.33. The maximum absolute atomic E-state index is 11.1. The second-order valence-electron chi connectivity index (χ2n) is 4.52. The van der Waals surface area contributed by atoms with Gasteiger partial charge in [0.15, 0.2) is 0 Å². The number of carboxylic acids is 1. The van der Waals surface area contributed by atoms with E-state index in [0.29, 0.717) is 13.1 Å². The normalized spacial score (nSPS) is 21.0. The van der Waals surface area contributed by atoms with Crippen molar-refractivity contribution in [3.8, 4) is 0 Å². The molecule has 92 valence electrons. The van der Waals surface area contributed by atoms with Gasteiger partial charge < -0.3 is 15.3 Å². The largest absolute Gasteiger partial charge is 0.481 e. The molecule has 4 heteroatoms. The first kappa shape index (κ1) is 11.9. The molecule has 2 rings (SSSR count). The first-order chi connectivity index (χ1) is 8.16. The predicted molar refractivity (Wildman–Crippen MR) is 67.4 cm³/mol. The van der Waals surface area contributed by atoms with Crippen molar-refractivity contribution in [3.05, 3.63) is 29.8 Å². The van der Waals surface area contributed by atoms with E-state index in [2.05, 4.69) is 16.3 Å². The van der Waals surface area contributed by atoms with Crippen molar-refractivity contribution in [3.63, 3.8) is 0 Å². The highest BCUT2D eigenvalue weighted by atomic mass is 16.4. The molecule has 2 N–H and O–H groups in total. The highest BCUT2D eigenvalue weighted by Crippen LogP contribution is 2.18. The number of rotatable bonds is 2. The molecule has 1 aliphatic rings. The standard InChI is InChI=1S/C13H18N2O2/c1-10-3-2-4-12(7-10)15-6-5-14-8-11(9-15)13(16)17/h2-4,7,11,14H,5-6,8-9H2,1H3,(H,16,17). The van der Waals surface area contributed by atoms with E-state index in [1.54, 1.807) is 0 Å². The van der Waals surface area contributed by atoms with E-state index in [1.165, 1.54) is 5.56 Å². The number of nitrogens with zero attached hydrogens (tertiary/aromatic N) is 1. The molecule has 0 spiro atoms. The lowest BCUT2D eigenvalue weighted by molar-refractivity contribution is -0.141. The zero-order valence-electron chi connectivity index (χ0n) is 10.0. The SMILES string of the molecule is Cc1cccc(N2CCNCC(C(=O)O)C2)c1. The van der Waals surface area contributed by atoms with Crippen LogP contribution in [-0.2, 0) is 4.79 Å². The predicted octanol–water partition coefficient (Wildman–Crippen LogP) is 1.11. The minimum absolute atomic E-state index is 0.335. The van der Waals surface area contributed by atoms with Gasteiger partial charge in [0.2, 0.25) is 0 Å². The maximum Gasteiger partial charge on any atom is 0.309 e. The van der Waals surface area contributed by atoms with Crippen LogP contribution in [0.1, 0.15) is 5.56 Å². The lowest BCUT2D eigenvalue weighted by atomic mass is 10.1. The molecule has 1 atom stereocenters. The van der Waals surface area contributed by atoms with Crippen molar-refractivity contribution < 1.29 is 9.90 Å². The molecule has 1 aliphatic heterocycles. The van der Waals surface area contributed by atoms with E-state index in [4.69, 9.17) is 5.11 Å². The second-order valence-corrected chi connectivity index (χ2v) is 4.52. The minimum Gasteiger partial charge on any atom is -0.481 e. The lowest BCUT2D eigenvalue weighted by Gasteiger charge is -2.24. The molecule has 0 saturated carbocycles. The number of anilines is 1. The molecule has 0 aromatic heterocycles. The number of carboxylic acid groups (broad SMARTS) is 1. The van der Waals surface area contributed by atoms with Crippen molar-refractivity contribution in [2.24, 2.45) is 5.92 Å². The Kier molecular flexibility index (Phi) is 3.64. The Morgan fingerprint density at radius 3 is 3.06 bits per heavy atom. The molecular weight excluding hydrogens is 216 g/mol. The van der Waals surface area contributed by atoms with E-state index in [9.17, 15) is 4.79 Å². The number of hydrogen-bond donors (Lipinski definition) is 2. The zero-order valence-corrected chi connectivity index (χ0v) is 10.0. The highest BCUT2D eigenvalue weighted by molar-refractivity contribution is 5.71. The Labute approximate surface area is 101 Å². The number of aliphatic carboxylic acids is 1. The van der Waals surface area contributed by atoms with Crippen LogP contribution in [0.25, 0.3) is 0 Å². The van der Waals surface area contributed by atoms with E-state index >= 15 is 0 Å². The fourth-order valence-electron chi connectivity index (χ4n) is 2.14. The smallest absolute Gasteiger partial charge is 0.309 e. The first-order valence-corrected chi connectivity index (χ1v) is 5.92. The van der Waals surface area contributed by atoms with Crippen LogP contribution in [0.3, 0.4) is 0 Å². The van der Waals surface area contributed by atoms with Gasteiger partial charge >= 0.3 is 5.97 Å². The van der Waals surface area contributed by atoms with Crippen molar-refractivity contribution in [2.75, 3.05) is 31.1 Å². The van der Waals surface area contributed by atoms with E-state index < -0.39 is 5.97 Å². The van der Waals surface area contributed by atoms with Gasteiger partial charge in [0, 0.05) is 31.9 Å². The number of carbonyl (C=O) groups is 1. The second kappa shape index (κ2) is 5.19. The zero-order chi connectivity index (χ0) is 12.3. The molecule has 17 heavy (non-hydrogen) atoms. The molecule has 0 amide bonds. The van der Waals surface area contributed by atoms with Crippen molar-refractivity contribution in [2.45, 2.75) is 6.92 Å². The van der Waals surface area contributed by atoms with Gasteiger partial charge in [0.1, 0.15) is 0 Å². The third-order valence-corrected chi connectivity index (χ3v) is 3.11. The first-order valence-electron chi connectivity index (χ1n) is 5.92. The molecular formula is C13H18N2O2. The number of benzene rings is 1. The van der Waals surface area contributed by atoms with Gasteiger partial charge in [-0.1, -0.05) is 12.1 Å². The molecule has 1 fully saturated rings. The summed E-state index contributed by atoms with van der Waals surface area (Å²) in [6.45, 7) is 4.86. The quantitative estimate of drug-likeness (QED) is 0.804. The highest BCUT2D eigenvalue weighted by Gasteiger charge is 2.23. The average molecular weight is 234 g/mol. The van der Waals surface area contributed by atoms with E-state index in [0.717, 1.165) is 18.8 Å². The maximum atomic E-state index is 11.1. The van der Waals surface area contributed by atoms with Crippen LogP contribution < -0.4 is 10.2 Å². The number of hydrogen-bond acceptors (Lipinski definition) is 3. The molecule has 0 aliphatic carbocycles. The average Bonchev–Trinajstić information content (AvgIpc) is 2.54. The summed E-state index contributed by atoms with van der Waals surface area (Å²) in [7, 11) is 0. The molecule has 1 heterocycles. The van der Waals surface area contributed by atoms with E-state index in [-0.39, 0.29) is 5.92 Å². The summed E-state index contributed by atoms with van der Waals surface area (Å²) in [5, 5.41) is 12.3. The van der Waals surface area contributed by atoms with Crippen LogP contribution in [-0.4, -0.2) is 37.3 Å². The summed E-state index contributed by atoms with van der Waals surface area (Å²) in [5.41, 5.74) is 2.31. The fraction of sp³-hybridized carbons (Fsp3) is 0.462. The summed E-state index contributed by atoms with van der Waals surface area (Å²) >= 11 is 0. The third kappa shape index (κ3) is 2.97. The van der Waals surface area contributed by atoms with Crippen LogP contribution in [0.2, 0.25) is 0 Å². The molecule has 0 bridgehead atoms. The molecule has 0 radical (unpaired) electrons. The Balaban J connectivity index is 2.16. The van der Waals surface area contributed by atoms with Gasteiger partial charge in [-0.2, -0.15) is 0 Å². The van der Waals surface area contributed by atoms with E-state index in [1.807, 2.05) is 25.1 Å². The van der Waals surface area contributed by atoms with Crippen LogP contribution in [0.5, 0.6) is 0 Å². The monoisotopic (exact) mass is 234 g/mol. The number of aryl methyl sites for hydroxylation is 1. The van der Waals surface area contributed by atoms with Gasteiger partial charge in [-0.15, -0.1) is 0 Å². The van der Waals surface area contributed by atoms with Gasteiger partial charge in [-0.3, -0.25) is 4.79 Å². The third-order valence-electron chi connectivity index (χ3n) is 3.11. The summed E-state index contributed by atoms with van der Waals surface area (Å²) < 4.78 is 0. The summed E-state index contributed by atoms with van der Waals surface area (Å²) in [4.78, 5) is 13.2. The summed E-state index contributed by atoms with van der Waals surface area (Å²) in [6, 6.07) is 8.20. The van der Waals surface area contributed by atoms with Crippen molar-refractivity contribution in [1.29, 1.82) is 0 Å². The van der Waals surface area contributed by atoms with Gasteiger partial charge in [0.05, 0.1) is 5.92 Å². The fourth-order valence-corrected chi connectivity index (χ4v) is 2.14. The Morgan fingerprint density at radius 1 is 1.53 bits per heavy atom. The molecule has 1 aromatic rings. The van der Waals surface area contributed by atoms with Crippen molar-refractivity contribution in [1.82, 2.24) is 5.32 Å². The molecule has 1 unspecified atom stereocenters. The molecule has 1 aromatic carbocycles. The topological polar surface area (TPSA) is 52.6 Å². The Hall–Kier alpha value is -1.55. The van der Waals surface area contributed by atoms with Crippen LogP contribution in [0, 0.1) is 12.8 Å². The summed E-state index contributed by atoms with van der Waals surface area (Å²) in [6.07, 6.45) is 0. The number of nitrogens with one attached hydrogen (secondary N) is 1. The van der Waals surface area contributed by atoms with Gasteiger partial charge in [-0.25, -0.2) is 0 Å². The van der Waals surface area contributed by atoms with Crippen LogP contribution in [0.15, 0.2) is 24.3 Å². The van der Waals surface area contributed by atoms with Crippen LogP contribution in [0.4, 0.5) is 5.69 Å². The van der Waals surface area contributed by atoms with Crippen LogP contribution >= 0.6 is 0 Å². The Bertz CT molecular complexity index is 406. The summed E-state index contributed by atoms with van der Waals surface area (Å²) in [5.74, 6) is -1.06. The molecule has 4 nitrogen and oxygen atoms in total.